The molecule has 0 spiro atoms. The molecule has 0 aromatic heterocycles. The van der Waals surface area contributed by atoms with Crippen LogP contribution in [-0.4, -0.2) is 31.3 Å². The van der Waals surface area contributed by atoms with Crippen LogP contribution in [0.4, 0.5) is 4.39 Å². The number of nitrogens with one attached hydrogen (secondary N) is 1. The zero-order chi connectivity index (χ0) is 17.7. The summed E-state index contributed by atoms with van der Waals surface area (Å²) in [6.45, 7) is 1.90. The lowest BCUT2D eigenvalue weighted by atomic mass is 9.84. The third kappa shape index (κ3) is 3.21. The minimum absolute atomic E-state index is 0.279. The average Bonchev–Trinajstić information content (AvgIpc) is 2.57. The third-order valence-corrected chi connectivity index (χ3v) is 4.38. The van der Waals surface area contributed by atoms with E-state index in [1.807, 2.05) is 45.3 Å². The van der Waals surface area contributed by atoms with E-state index in [1.165, 1.54) is 12.1 Å². The number of halogens is 1. The fourth-order valence-electron chi connectivity index (χ4n) is 3.03. The molecule has 2 aromatic rings. The first-order valence-corrected chi connectivity index (χ1v) is 7.74. The predicted molar refractivity (Wildman–Crippen MR) is 91.7 cm³/mol. The van der Waals surface area contributed by atoms with Gasteiger partial charge in [-0.05, 0) is 49.3 Å². The summed E-state index contributed by atoms with van der Waals surface area (Å²) in [5.41, 5.74) is 1.69. The predicted octanol–water partition coefficient (Wildman–Crippen LogP) is 2.93. The standard InChI is InChI=1S/C19H21FN2O2/c1-4-19(22(2)3,18(24)21-13-23)16-9-5-14(6-10-16)15-7-11-17(20)12-8-15/h5-13H,4H2,1-3H3,(H,21,23,24). The summed E-state index contributed by atoms with van der Waals surface area (Å²) < 4.78 is 13.0. The van der Waals surface area contributed by atoms with E-state index in [9.17, 15) is 14.0 Å². The van der Waals surface area contributed by atoms with Crippen molar-refractivity contribution in [3.8, 4) is 11.1 Å². The quantitative estimate of drug-likeness (QED) is 0.830. The van der Waals surface area contributed by atoms with E-state index < -0.39 is 5.54 Å². The highest BCUT2D eigenvalue weighted by Gasteiger charge is 2.40. The number of amides is 2. The number of imide groups is 1. The summed E-state index contributed by atoms with van der Waals surface area (Å²) in [6, 6.07) is 13.8. The number of likely N-dealkylation sites (N-methyl/N-ethyl adjacent to an activating group) is 1. The van der Waals surface area contributed by atoms with Crippen LogP contribution in [0.1, 0.15) is 18.9 Å². The number of rotatable bonds is 6. The van der Waals surface area contributed by atoms with E-state index in [4.69, 9.17) is 0 Å². The molecule has 5 heteroatoms. The molecule has 0 aliphatic carbocycles. The van der Waals surface area contributed by atoms with Gasteiger partial charge in [0.15, 0.2) is 0 Å². The number of carbonyl (C=O) groups excluding carboxylic acids is 2. The van der Waals surface area contributed by atoms with E-state index in [1.54, 1.807) is 17.0 Å². The number of hydrogen-bond acceptors (Lipinski definition) is 3. The summed E-state index contributed by atoms with van der Waals surface area (Å²) in [6.07, 6.45) is 0.915. The molecule has 1 N–H and O–H groups in total. The van der Waals surface area contributed by atoms with Gasteiger partial charge in [0.05, 0.1) is 0 Å². The third-order valence-electron chi connectivity index (χ3n) is 4.38. The molecule has 0 heterocycles. The second-order valence-corrected chi connectivity index (χ2v) is 5.78. The maximum absolute atomic E-state index is 13.0. The number of hydrogen-bond donors (Lipinski definition) is 1. The van der Waals surface area contributed by atoms with E-state index >= 15 is 0 Å². The first kappa shape index (κ1) is 17.8. The number of carbonyl (C=O) groups is 2. The van der Waals surface area contributed by atoms with E-state index in [0.29, 0.717) is 12.8 Å². The molecule has 0 saturated carbocycles. The van der Waals surface area contributed by atoms with Crippen LogP contribution in [0.5, 0.6) is 0 Å². The summed E-state index contributed by atoms with van der Waals surface area (Å²) in [5.74, 6) is -0.641. The minimum atomic E-state index is -0.928. The van der Waals surface area contributed by atoms with Gasteiger partial charge in [-0.3, -0.25) is 19.8 Å². The summed E-state index contributed by atoms with van der Waals surface area (Å²) in [5, 5.41) is 2.27. The van der Waals surface area contributed by atoms with Crippen LogP contribution in [0, 0.1) is 5.82 Å². The van der Waals surface area contributed by atoms with Crippen molar-refractivity contribution in [3.63, 3.8) is 0 Å². The van der Waals surface area contributed by atoms with Crippen LogP contribution in [-0.2, 0) is 15.1 Å². The molecule has 0 aliphatic heterocycles. The Morgan fingerprint density at radius 1 is 1.08 bits per heavy atom. The Morgan fingerprint density at radius 2 is 1.58 bits per heavy atom. The van der Waals surface area contributed by atoms with Gasteiger partial charge in [-0.25, -0.2) is 4.39 Å². The summed E-state index contributed by atoms with van der Waals surface area (Å²) in [4.78, 5) is 25.0. The molecule has 0 bridgehead atoms. The average molecular weight is 328 g/mol. The summed E-state index contributed by atoms with van der Waals surface area (Å²) >= 11 is 0. The van der Waals surface area contributed by atoms with Crippen molar-refractivity contribution in [1.29, 1.82) is 0 Å². The highest BCUT2D eigenvalue weighted by molar-refractivity contribution is 5.94. The lowest BCUT2D eigenvalue weighted by Gasteiger charge is -2.37. The van der Waals surface area contributed by atoms with Crippen molar-refractivity contribution in [1.82, 2.24) is 10.2 Å². The smallest absolute Gasteiger partial charge is 0.251 e. The number of nitrogens with zero attached hydrogens (tertiary/aromatic N) is 1. The van der Waals surface area contributed by atoms with Crippen LogP contribution in [0.3, 0.4) is 0 Å². The summed E-state index contributed by atoms with van der Waals surface area (Å²) in [7, 11) is 3.61. The number of benzene rings is 2. The molecule has 24 heavy (non-hydrogen) atoms. The normalized spacial score (nSPS) is 13.4. The maximum Gasteiger partial charge on any atom is 0.251 e. The molecule has 1 atom stereocenters. The van der Waals surface area contributed by atoms with Gasteiger partial charge in [0, 0.05) is 0 Å². The van der Waals surface area contributed by atoms with E-state index in [0.717, 1.165) is 16.7 Å². The fraction of sp³-hybridized carbons (Fsp3) is 0.263. The van der Waals surface area contributed by atoms with Crippen LogP contribution >= 0.6 is 0 Å². The first-order valence-electron chi connectivity index (χ1n) is 7.74. The van der Waals surface area contributed by atoms with Crippen LogP contribution in [0.15, 0.2) is 48.5 Å². The Kier molecular flexibility index (Phi) is 5.46. The molecular weight excluding hydrogens is 307 g/mol. The zero-order valence-electron chi connectivity index (χ0n) is 14.0. The van der Waals surface area contributed by atoms with Crippen molar-refractivity contribution in [3.05, 3.63) is 59.9 Å². The van der Waals surface area contributed by atoms with Crippen molar-refractivity contribution in [2.45, 2.75) is 18.9 Å². The highest BCUT2D eigenvalue weighted by atomic mass is 19.1. The maximum atomic E-state index is 13.0. The van der Waals surface area contributed by atoms with Gasteiger partial charge in [0.1, 0.15) is 11.4 Å². The van der Waals surface area contributed by atoms with E-state index in [2.05, 4.69) is 5.32 Å². The Balaban J connectivity index is 2.43. The first-order chi connectivity index (χ1) is 11.5. The second kappa shape index (κ2) is 7.36. The Morgan fingerprint density at radius 3 is 2.00 bits per heavy atom. The zero-order valence-corrected chi connectivity index (χ0v) is 14.0. The second-order valence-electron chi connectivity index (χ2n) is 5.78. The lowest BCUT2D eigenvalue weighted by molar-refractivity contribution is -0.135. The molecule has 2 amide bonds. The molecule has 126 valence electrons. The molecule has 0 fully saturated rings. The van der Waals surface area contributed by atoms with Gasteiger partial charge in [-0.1, -0.05) is 43.3 Å². The van der Waals surface area contributed by atoms with Gasteiger partial charge in [-0.2, -0.15) is 0 Å². The van der Waals surface area contributed by atoms with Gasteiger partial charge >= 0.3 is 0 Å². The molecule has 0 saturated heterocycles. The molecular formula is C19H21FN2O2. The Hall–Kier alpha value is -2.53. The molecule has 0 radical (unpaired) electrons. The van der Waals surface area contributed by atoms with Gasteiger partial charge < -0.3 is 0 Å². The van der Waals surface area contributed by atoms with Crippen molar-refractivity contribution in [2.24, 2.45) is 0 Å². The SMILES string of the molecule is CCC(C(=O)NC=O)(c1ccc(-c2ccc(F)cc2)cc1)N(C)C. The van der Waals surface area contributed by atoms with Gasteiger partial charge in [0.2, 0.25) is 6.41 Å². The van der Waals surface area contributed by atoms with Crippen LogP contribution in [0.2, 0.25) is 0 Å². The Bertz CT molecular complexity index is 711. The van der Waals surface area contributed by atoms with Crippen LogP contribution < -0.4 is 5.32 Å². The van der Waals surface area contributed by atoms with Gasteiger partial charge in [-0.15, -0.1) is 0 Å². The largest absolute Gasteiger partial charge is 0.297 e. The fourth-order valence-corrected chi connectivity index (χ4v) is 3.03. The highest BCUT2D eigenvalue weighted by Crippen LogP contribution is 2.32. The molecule has 1 unspecified atom stereocenters. The molecule has 4 nitrogen and oxygen atoms in total. The monoisotopic (exact) mass is 328 g/mol. The van der Waals surface area contributed by atoms with E-state index in [-0.39, 0.29) is 11.7 Å². The van der Waals surface area contributed by atoms with Crippen molar-refractivity contribution >= 4 is 12.3 Å². The van der Waals surface area contributed by atoms with Crippen molar-refractivity contribution < 1.29 is 14.0 Å². The molecule has 2 aromatic carbocycles. The Labute approximate surface area is 141 Å². The lowest BCUT2D eigenvalue weighted by Crippen LogP contribution is -2.53. The molecule has 0 aliphatic rings. The van der Waals surface area contributed by atoms with Crippen molar-refractivity contribution in [2.75, 3.05) is 14.1 Å². The van der Waals surface area contributed by atoms with Gasteiger partial charge in [0.25, 0.3) is 5.91 Å². The topological polar surface area (TPSA) is 49.4 Å². The minimum Gasteiger partial charge on any atom is -0.297 e. The molecule has 2 rings (SSSR count). The van der Waals surface area contributed by atoms with Crippen LogP contribution in [0.25, 0.3) is 11.1 Å².